The van der Waals surface area contributed by atoms with Gasteiger partial charge in [-0.15, -0.1) is 11.3 Å². The van der Waals surface area contributed by atoms with Gasteiger partial charge in [0, 0.05) is 17.5 Å². The third-order valence-corrected chi connectivity index (χ3v) is 4.20. The number of thiophene rings is 1. The van der Waals surface area contributed by atoms with Crippen LogP contribution in [0.2, 0.25) is 0 Å². The molecule has 1 aliphatic rings. The van der Waals surface area contributed by atoms with Crippen LogP contribution in [-0.4, -0.2) is 17.8 Å². The summed E-state index contributed by atoms with van der Waals surface area (Å²) in [6.07, 6.45) is 5.22. The van der Waals surface area contributed by atoms with E-state index in [0.29, 0.717) is 0 Å². The van der Waals surface area contributed by atoms with E-state index in [1.807, 2.05) is 18.3 Å². The quantitative estimate of drug-likeness (QED) is 0.822. The van der Waals surface area contributed by atoms with Crippen LogP contribution in [0.4, 0.5) is 0 Å². The average molecular weight is 225 g/mol. The maximum Gasteiger partial charge on any atom is 0.0582 e. The zero-order chi connectivity index (χ0) is 10.7. The minimum atomic E-state index is 0.198. The molecule has 0 aliphatic heterocycles. The van der Waals surface area contributed by atoms with E-state index >= 15 is 0 Å². The minimum Gasteiger partial charge on any atom is -0.395 e. The minimum absolute atomic E-state index is 0.198. The molecule has 1 atom stereocenters. The molecule has 1 aromatic rings. The summed E-state index contributed by atoms with van der Waals surface area (Å²) in [6, 6.07) is 0.198. The summed E-state index contributed by atoms with van der Waals surface area (Å²) in [4.78, 5) is 1.59. The number of fused-ring (bicyclic) bond motifs is 1. The van der Waals surface area contributed by atoms with E-state index in [-0.39, 0.29) is 12.6 Å². The van der Waals surface area contributed by atoms with Crippen molar-refractivity contribution >= 4 is 11.3 Å². The van der Waals surface area contributed by atoms with Gasteiger partial charge in [0.25, 0.3) is 0 Å². The molecule has 0 fully saturated rings. The van der Waals surface area contributed by atoms with Gasteiger partial charge in [-0.05, 0) is 49.1 Å². The van der Waals surface area contributed by atoms with E-state index in [1.165, 1.54) is 31.2 Å². The predicted molar refractivity (Wildman–Crippen MR) is 64.3 cm³/mol. The van der Waals surface area contributed by atoms with Gasteiger partial charge in [-0.1, -0.05) is 0 Å². The number of aryl methyl sites for hydroxylation is 1. The second-order valence-electron chi connectivity index (χ2n) is 4.33. The Kier molecular flexibility index (Phi) is 3.78. The van der Waals surface area contributed by atoms with Crippen molar-refractivity contribution in [1.29, 1.82) is 0 Å². The van der Waals surface area contributed by atoms with E-state index in [2.05, 4.69) is 10.7 Å². The molecule has 0 spiro atoms. The highest BCUT2D eigenvalue weighted by atomic mass is 32.1. The Morgan fingerprint density at radius 1 is 1.47 bits per heavy atom. The molecule has 1 aliphatic carbocycles. The molecule has 1 heterocycles. The summed E-state index contributed by atoms with van der Waals surface area (Å²) in [5, 5.41) is 14.6. The summed E-state index contributed by atoms with van der Waals surface area (Å²) < 4.78 is 0. The van der Waals surface area contributed by atoms with Crippen LogP contribution < -0.4 is 5.32 Å². The Morgan fingerprint density at radius 2 is 2.27 bits per heavy atom. The summed E-state index contributed by atoms with van der Waals surface area (Å²) >= 11 is 1.91. The van der Waals surface area contributed by atoms with Gasteiger partial charge in [0.2, 0.25) is 0 Å². The zero-order valence-corrected chi connectivity index (χ0v) is 10.1. The molecule has 0 radical (unpaired) electrons. The van der Waals surface area contributed by atoms with Crippen LogP contribution in [0.15, 0.2) is 5.38 Å². The predicted octanol–water partition coefficient (Wildman–Crippen LogP) is 2.10. The van der Waals surface area contributed by atoms with E-state index in [1.54, 1.807) is 10.4 Å². The molecule has 0 saturated carbocycles. The van der Waals surface area contributed by atoms with Gasteiger partial charge in [-0.2, -0.15) is 0 Å². The second kappa shape index (κ2) is 5.10. The molecular formula is C12H19NOS. The Bertz CT molecular complexity index is 321. The normalized spacial score (nSPS) is 17.5. The first kappa shape index (κ1) is 11.1. The summed E-state index contributed by atoms with van der Waals surface area (Å²) in [6.45, 7) is 3.14. The number of hydrogen-bond donors (Lipinski definition) is 2. The van der Waals surface area contributed by atoms with Crippen LogP contribution >= 0.6 is 11.3 Å². The molecule has 84 valence electrons. The maximum absolute atomic E-state index is 8.94. The lowest BCUT2D eigenvalue weighted by molar-refractivity contribution is 0.251. The number of hydrogen-bond acceptors (Lipinski definition) is 3. The van der Waals surface area contributed by atoms with Crippen molar-refractivity contribution in [3.63, 3.8) is 0 Å². The van der Waals surface area contributed by atoms with Crippen LogP contribution in [0.1, 0.15) is 35.8 Å². The van der Waals surface area contributed by atoms with Crippen molar-refractivity contribution in [2.24, 2.45) is 0 Å². The Hall–Kier alpha value is -0.380. The van der Waals surface area contributed by atoms with Gasteiger partial charge in [0.15, 0.2) is 0 Å². The van der Waals surface area contributed by atoms with Crippen molar-refractivity contribution < 1.29 is 5.11 Å². The van der Waals surface area contributed by atoms with Crippen LogP contribution in [0, 0.1) is 0 Å². The first-order valence-corrected chi connectivity index (χ1v) is 6.61. The second-order valence-corrected chi connectivity index (χ2v) is 5.30. The topological polar surface area (TPSA) is 32.3 Å². The molecule has 15 heavy (non-hydrogen) atoms. The highest BCUT2D eigenvalue weighted by molar-refractivity contribution is 7.10. The molecule has 0 amide bonds. The molecule has 0 aromatic carbocycles. The van der Waals surface area contributed by atoms with Crippen molar-refractivity contribution in [2.45, 2.75) is 45.2 Å². The molecule has 1 aromatic heterocycles. The number of aliphatic hydroxyl groups is 1. The lowest BCUT2D eigenvalue weighted by Gasteiger charge is -2.14. The Morgan fingerprint density at radius 3 is 3.07 bits per heavy atom. The summed E-state index contributed by atoms with van der Waals surface area (Å²) in [5.74, 6) is 0. The highest BCUT2D eigenvalue weighted by Gasteiger charge is 2.15. The molecule has 1 unspecified atom stereocenters. The standard InChI is InChI=1S/C12H19NOS/c1-9(7-14)13-6-10-8-15-12-5-3-2-4-11(10)12/h8-9,13-14H,2-7H2,1H3. The third-order valence-electron chi connectivity index (χ3n) is 3.06. The maximum atomic E-state index is 8.94. The smallest absolute Gasteiger partial charge is 0.0582 e. The molecule has 0 saturated heterocycles. The van der Waals surface area contributed by atoms with Crippen molar-refractivity contribution in [2.75, 3.05) is 6.61 Å². The van der Waals surface area contributed by atoms with E-state index < -0.39 is 0 Å². The Balaban J connectivity index is 1.99. The van der Waals surface area contributed by atoms with Crippen LogP contribution in [-0.2, 0) is 19.4 Å². The number of nitrogens with one attached hydrogen (secondary N) is 1. The SMILES string of the molecule is CC(CO)NCc1csc2c1CCCC2. The molecule has 3 heteroatoms. The number of aliphatic hydroxyl groups excluding tert-OH is 1. The molecular weight excluding hydrogens is 206 g/mol. The first-order valence-electron chi connectivity index (χ1n) is 5.73. The van der Waals surface area contributed by atoms with Gasteiger partial charge in [-0.25, -0.2) is 0 Å². The van der Waals surface area contributed by atoms with Crippen LogP contribution in [0.3, 0.4) is 0 Å². The molecule has 0 bridgehead atoms. The highest BCUT2D eigenvalue weighted by Crippen LogP contribution is 2.30. The van der Waals surface area contributed by atoms with Crippen LogP contribution in [0.5, 0.6) is 0 Å². The molecule has 2 nitrogen and oxygen atoms in total. The van der Waals surface area contributed by atoms with E-state index in [0.717, 1.165) is 6.54 Å². The first-order chi connectivity index (χ1) is 7.31. The van der Waals surface area contributed by atoms with Gasteiger partial charge in [-0.3, -0.25) is 0 Å². The molecule has 2 rings (SSSR count). The third kappa shape index (κ3) is 2.60. The average Bonchev–Trinajstić information content (AvgIpc) is 2.69. The van der Waals surface area contributed by atoms with Gasteiger partial charge < -0.3 is 10.4 Å². The van der Waals surface area contributed by atoms with Crippen molar-refractivity contribution in [1.82, 2.24) is 5.32 Å². The van der Waals surface area contributed by atoms with Gasteiger partial charge in [0.1, 0.15) is 0 Å². The van der Waals surface area contributed by atoms with Crippen LogP contribution in [0.25, 0.3) is 0 Å². The lowest BCUT2D eigenvalue weighted by Crippen LogP contribution is -2.28. The lowest BCUT2D eigenvalue weighted by atomic mass is 9.96. The monoisotopic (exact) mass is 225 g/mol. The van der Waals surface area contributed by atoms with Gasteiger partial charge >= 0.3 is 0 Å². The van der Waals surface area contributed by atoms with Crippen molar-refractivity contribution in [3.8, 4) is 0 Å². The summed E-state index contributed by atoms with van der Waals surface area (Å²) in [5.41, 5.74) is 3.04. The van der Waals surface area contributed by atoms with E-state index in [4.69, 9.17) is 5.11 Å². The zero-order valence-electron chi connectivity index (χ0n) is 9.25. The number of rotatable bonds is 4. The van der Waals surface area contributed by atoms with Gasteiger partial charge in [0.05, 0.1) is 6.61 Å². The summed E-state index contributed by atoms with van der Waals surface area (Å²) in [7, 11) is 0. The fraction of sp³-hybridized carbons (Fsp3) is 0.667. The molecule has 2 N–H and O–H groups in total. The van der Waals surface area contributed by atoms with E-state index in [9.17, 15) is 0 Å². The Labute approximate surface area is 95.3 Å². The fourth-order valence-corrected chi connectivity index (χ4v) is 3.21. The largest absolute Gasteiger partial charge is 0.395 e. The fourth-order valence-electron chi connectivity index (χ4n) is 2.06. The van der Waals surface area contributed by atoms with Crippen molar-refractivity contribution in [3.05, 3.63) is 21.4 Å².